The van der Waals surface area contributed by atoms with Crippen molar-refractivity contribution in [1.29, 1.82) is 0 Å². The van der Waals surface area contributed by atoms with Gasteiger partial charge in [-0.05, 0) is 13.0 Å². The summed E-state index contributed by atoms with van der Waals surface area (Å²) >= 11 is 0. The number of aromatic amines is 1. The van der Waals surface area contributed by atoms with E-state index < -0.39 is 0 Å². The van der Waals surface area contributed by atoms with Gasteiger partial charge in [0.05, 0.1) is 11.8 Å². The Balaban J connectivity index is 2.50. The zero-order valence-corrected chi connectivity index (χ0v) is 6.53. The minimum Gasteiger partial charge on any atom is -0.469 e. The van der Waals surface area contributed by atoms with Crippen molar-refractivity contribution in [3.8, 4) is 11.4 Å². The Morgan fingerprint density at radius 1 is 1.58 bits per heavy atom. The van der Waals surface area contributed by atoms with Gasteiger partial charge in [-0.15, -0.1) is 5.10 Å². The lowest BCUT2D eigenvalue weighted by Gasteiger charge is -1.89. The number of nitrogens with one attached hydrogen (secondary N) is 1. The third kappa shape index (κ3) is 0.952. The summed E-state index contributed by atoms with van der Waals surface area (Å²) in [4.78, 5) is 3.97. The summed E-state index contributed by atoms with van der Waals surface area (Å²) in [6.07, 6.45) is 1.60. The molecule has 2 rings (SSSR count). The lowest BCUT2D eigenvalue weighted by molar-refractivity contribution is 0.535. The van der Waals surface area contributed by atoms with Crippen LogP contribution >= 0.6 is 0 Å². The predicted molar refractivity (Wildman–Crippen MR) is 43.2 cm³/mol. The molecule has 12 heavy (non-hydrogen) atoms. The lowest BCUT2D eigenvalue weighted by Crippen LogP contribution is -1.85. The molecule has 0 atom stereocenters. The van der Waals surface area contributed by atoms with E-state index in [-0.39, 0.29) is 5.95 Å². The molecule has 0 saturated heterocycles. The molecule has 2 aromatic rings. The van der Waals surface area contributed by atoms with Gasteiger partial charge in [0.2, 0.25) is 5.95 Å². The van der Waals surface area contributed by atoms with Crippen LogP contribution in [-0.4, -0.2) is 15.2 Å². The standard InChI is InChI=1S/C7H8N4O/c1-4-5(2-3-12-4)6-9-7(8)11-10-6/h2-3H,1H3,(H3,8,9,10,11). The first kappa shape index (κ1) is 6.90. The summed E-state index contributed by atoms with van der Waals surface area (Å²) in [6.45, 7) is 1.86. The molecule has 0 aliphatic heterocycles. The molecule has 0 aromatic carbocycles. The second kappa shape index (κ2) is 2.37. The molecule has 0 saturated carbocycles. The van der Waals surface area contributed by atoms with Crippen molar-refractivity contribution in [1.82, 2.24) is 15.2 Å². The van der Waals surface area contributed by atoms with Crippen LogP contribution in [0.2, 0.25) is 0 Å². The minimum atomic E-state index is 0.241. The van der Waals surface area contributed by atoms with E-state index in [1.54, 1.807) is 6.26 Å². The van der Waals surface area contributed by atoms with Gasteiger partial charge in [-0.3, -0.25) is 5.10 Å². The number of nitrogens with two attached hydrogens (primary N) is 1. The van der Waals surface area contributed by atoms with E-state index in [0.29, 0.717) is 5.82 Å². The van der Waals surface area contributed by atoms with Gasteiger partial charge in [0, 0.05) is 0 Å². The van der Waals surface area contributed by atoms with Crippen molar-refractivity contribution >= 4 is 5.95 Å². The van der Waals surface area contributed by atoms with Gasteiger partial charge in [0.15, 0.2) is 5.82 Å². The molecule has 2 heterocycles. The molecule has 0 bridgehead atoms. The summed E-state index contributed by atoms with van der Waals surface area (Å²) in [6, 6.07) is 1.81. The van der Waals surface area contributed by atoms with Crippen LogP contribution in [0, 0.1) is 6.92 Å². The van der Waals surface area contributed by atoms with Crippen LogP contribution in [0.4, 0.5) is 5.95 Å². The fraction of sp³-hybridized carbons (Fsp3) is 0.143. The highest BCUT2D eigenvalue weighted by Crippen LogP contribution is 2.20. The van der Waals surface area contributed by atoms with Crippen LogP contribution in [0.5, 0.6) is 0 Å². The van der Waals surface area contributed by atoms with Crippen molar-refractivity contribution in [2.75, 3.05) is 5.73 Å². The summed E-state index contributed by atoms with van der Waals surface area (Å²) < 4.78 is 5.10. The average Bonchev–Trinajstić information content (AvgIpc) is 2.58. The van der Waals surface area contributed by atoms with E-state index in [1.807, 2.05) is 13.0 Å². The molecule has 0 amide bonds. The molecule has 0 aliphatic carbocycles. The van der Waals surface area contributed by atoms with E-state index in [4.69, 9.17) is 10.2 Å². The van der Waals surface area contributed by atoms with Crippen molar-refractivity contribution < 1.29 is 4.42 Å². The monoisotopic (exact) mass is 164 g/mol. The van der Waals surface area contributed by atoms with Crippen LogP contribution in [0.25, 0.3) is 11.4 Å². The number of furan rings is 1. The van der Waals surface area contributed by atoms with Gasteiger partial charge in [0.1, 0.15) is 5.76 Å². The third-order valence-electron chi connectivity index (χ3n) is 1.62. The molecule has 0 aliphatic rings. The summed E-state index contributed by atoms with van der Waals surface area (Å²) in [5.41, 5.74) is 6.24. The molecule has 2 aromatic heterocycles. The molecule has 5 heteroatoms. The number of nitrogen functional groups attached to an aromatic ring is 1. The number of aromatic nitrogens is 3. The van der Waals surface area contributed by atoms with Gasteiger partial charge in [-0.2, -0.15) is 4.98 Å². The van der Waals surface area contributed by atoms with E-state index in [1.165, 1.54) is 0 Å². The first-order valence-corrected chi connectivity index (χ1v) is 3.49. The Kier molecular flexibility index (Phi) is 1.36. The maximum absolute atomic E-state index is 5.35. The highest BCUT2D eigenvalue weighted by molar-refractivity contribution is 5.57. The third-order valence-corrected chi connectivity index (χ3v) is 1.62. The normalized spacial score (nSPS) is 10.4. The lowest BCUT2D eigenvalue weighted by atomic mass is 10.2. The highest BCUT2D eigenvalue weighted by Gasteiger charge is 2.07. The van der Waals surface area contributed by atoms with Crippen molar-refractivity contribution in [3.63, 3.8) is 0 Å². The molecule has 3 N–H and O–H groups in total. The Morgan fingerprint density at radius 3 is 2.92 bits per heavy atom. The molecule has 0 unspecified atom stereocenters. The van der Waals surface area contributed by atoms with Crippen LogP contribution < -0.4 is 5.73 Å². The number of nitrogens with zero attached hydrogens (tertiary/aromatic N) is 2. The second-order valence-corrected chi connectivity index (χ2v) is 2.43. The second-order valence-electron chi connectivity index (χ2n) is 2.43. The number of aryl methyl sites for hydroxylation is 1. The fourth-order valence-electron chi connectivity index (χ4n) is 1.03. The number of hydrogen-bond donors (Lipinski definition) is 2. The zero-order chi connectivity index (χ0) is 8.55. The van der Waals surface area contributed by atoms with Crippen LogP contribution in [-0.2, 0) is 0 Å². The molecule has 0 radical (unpaired) electrons. The first-order chi connectivity index (χ1) is 5.77. The van der Waals surface area contributed by atoms with Crippen LogP contribution in [0.15, 0.2) is 16.7 Å². The molecule has 5 nitrogen and oxygen atoms in total. The molecule has 62 valence electrons. The van der Waals surface area contributed by atoms with Crippen LogP contribution in [0.1, 0.15) is 5.76 Å². The predicted octanol–water partition coefficient (Wildman–Crippen LogP) is 0.955. The fourth-order valence-corrected chi connectivity index (χ4v) is 1.03. The van der Waals surface area contributed by atoms with E-state index >= 15 is 0 Å². The summed E-state index contributed by atoms with van der Waals surface area (Å²) in [5, 5.41) is 6.42. The first-order valence-electron chi connectivity index (χ1n) is 3.49. The Hall–Kier alpha value is -1.78. The van der Waals surface area contributed by atoms with Gasteiger partial charge >= 0.3 is 0 Å². The van der Waals surface area contributed by atoms with E-state index in [2.05, 4.69) is 15.2 Å². The number of hydrogen-bond acceptors (Lipinski definition) is 4. The highest BCUT2D eigenvalue weighted by atomic mass is 16.3. The van der Waals surface area contributed by atoms with Crippen molar-refractivity contribution in [3.05, 3.63) is 18.1 Å². The van der Waals surface area contributed by atoms with Crippen molar-refractivity contribution in [2.45, 2.75) is 6.92 Å². The molecular formula is C7H8N4O. The molecule has 0 fully saturated rings. The van der Waals surface area contributed by atoms with E-state index in [9.17, 15) is 0 Å². The average molecular weight is 164 g/mol. The molecular weight excluding hydrogens is 156 g/mol. The van der Waals surface area contributed by atoms with Crippen LogP contribution in [0.3, 0.4) is 0 Å². The smallest absolute Gasteiger partial charge is 0.239 e. The molecule has 0 spiro atoms. The SMILES string of the molecule is Cc1occc1-c1nc(N)n[nH]1. The topological polar surface area (TPSA) is 80.7 Å². The largest absolute Gasteiger partial charge is 0.469 e. The van der Waals surface area contributed by atoms with Gasteiger partial charge in [-0.1, -0.05) is 0 Å². The Bertz CT molecular complexity index is 390. The van der Waals surface area contributed by atoms with Gasteiger partial charge in [0.25, 0.3) is 0 Å². The zero-order valence-electron chi connectivity index (χ0n) is 6.53. The van der Waals surface area contributed by atoms with Gasteiger partial charge in [-0.25, -0.2) is 0 Å². The van der Waals surface area contributed by atoms with E-state index in [0.717, 1.165) is 11.3 Å². The number of rotatable bonds is 1. The number of anilines is 1. The van der Waals surface area contributed by atoms with Gasteiger partial charge < -0.3 is 10.2 Å². The number of H-pyrrole nitrogens is 1. The van der Waals surface area contributed by atoms with Crippen molar-refractivity contribution in [2.24, 2.45) is 0 Å². The Labute approximate surface area is 68.6 Å². The summed E-state index contributed by atoms with van der Waals surface area (Å²) in [5.74, 6) is 1.68. The maximum Gasteiger partial charge on any atom is 0.239 e. The minimum absolute atomic E-state index is 0.241. The summed E-state index contributed by atoms with van der Waals surface area (Å²) in [7, 11) is 0. The Morgan fingerprint density at radius 2 is 2.42 bits per heavy atom. The quantitative estimate of drug-likeness (QED) is 0.657. The maximum atomic E-state index is 5.35.